The molecule has 4 nitrogen and oxygen atoms in total. The normalized spacial score (nSPS) is 13.0. The molecule has 0 amide bonds. The summed E-state index contributed by atoms with van der Waals surface area (Å²) in [7, 11) is 0. The van der Waals surface area contributed by atoms with Gasteiger partial charge < -0.3 is 5.11 Å². The molecule has 2 atom stereocenters. The zero-order valence-corrected chi connectivity index (χ0v) is 12.7. The van der Waals surface area contributed by atoms with Gasteiger partial charge in [-0.15, -0.1) is 0 Å². The molecule has 0 aromatic heterocycles. The van der Waals surface area contributed by atoms with E-state index in [1.807, 2.05) is 6.07 Å². The molecule has 0 aliphatic rings. The van der Waals surface area contributed by atoms with Gasteiger partial charge in [-0.2, -0.15) is 10.5 Å². The Balaban J connectivity index is 2.64. The third-order valence-electron chi connectivity index (χ3n) is 3.19. The molecule has 0 aliphatic carbocycles. The van der Waals surface area contributed by atoms with Crippen molar-refractivity contribution < 1.29 is 9.40 Å². The van der Waals surface area contributed by atoms with Gasteiger partial charge in [0.2, 0.25) is 0 Å². The number of aliphatic hydroxyl groups excluding tert-OH is 1. The van der Waals surface area contributed by atoms with Crippen molar-refractivity contribution in [3.05, 3.63) is 58.6 Å². The van der Waals surface area contributed by atoms with E-state index < -0.39 is 12.2 Å². The van der Waals surface area contributed by atoms with Crippen LogP contribution in [0.15, 0.2) is 42.5 Å². The monoisotopic (exact) mass is 332 g/mol. The Hall–Kier alpha value is -2.08. The maximum atomic E-state index is 9.71. The minimum atomic E-state index is -1.32. The van der Waals surface area contributed by atoms with Crippen LogP contribution in [0.4, 0.5) is 0 Å². The molecule has 2 unspecified atom stereocenters. The van der Waals surface area contributed by atoms with Gasteiger partial charge in [-0.3, -0.25) is 4.29 Å². The van der Waals surface area contributed by atoms with E-state index in [1.165, 1.54) is 0 Å². The minimum Gasteiger partial charge on any atom is -0.374 e. The first kappa shape index (κ1) is 16.3. The van der Waals surface area contributed by atoms with Crippen molar-refractivity contribution in [1.29, 1.82) is 10.5 Å². The summed E-state index contributed by atoms with van der Waals surface area (Å²) in [4.78, 5) is 0. The van der Waals surface area contributed by atoms with Crippen LogP contribution in [0.2, 0.25) is 5.02 Å². The molecule has 2 aromatic rings. The number of nitrogens with zero attached hydrogens (tertiary/aromatic N) is 2. The van der Waals surface area contributed by atoms with E-state index in [4.69, 9.17) is 34.0 Å². The van der Waals surface area contributed by atoms with Crippen molar-refractivity contribution in [2.45, 2.75) is 12.2 Å². The number of halogens is 2. The summed E-state index contributed by atoms with van der Waals surface area (Å²) < 4.78 is 4.65. The van der Waals surface area contributed by atoms with E-state index in [2.05, 4.69) is 4.29 Å². The van der Waals surface area contributed by atoms with Crippen molar-refractivity contribution in [2.24, 2.45) is 0 Å². The van der Waals surface area contributed by atoms with Crippen molar-refractivity contribution in [3.63, 3.8) is 0 Å². The third-order valence-corrected chi connectivity index (χ3v) is 3.79. The first-order valence-corrected chi connectivity index (χ1v) is 6.95. The summed E-state index contributed by atoms with van der Waals surface area (Å²) in [6.45, 7) is 0. The van der Waals surface area contributed by atoms with Gasteiger partial charge in [-0.25, -0.2) is 0 Å². The first-order valence-electron chi connectivity index (χ1n) is 6.26. The average molecular weight is 333 g/mol. The highest BCUT2D eigenvalue weighted by atomic mass is 35.5. The van der Waals surface area contributed by atoms with Gasteiger partial charge in [-0.05, 0) is 5.56 Å². The largest absolute Gasteiger partial charge is 0.374 e. The molecule has 2 aromatic carbocycles. The zero-order chi connectivity index (χ0) is 16.1. The molecule has 0 bridgehead atoms. The predicted molar refractivity (Wildman–Crippen MR) is 82.8 cm³/mol. The molecule has 0 saturated carbocycles. The standard InChI is InChI=1S/C16H10Cl2N2O2/c17-16-12(6-3-7-13(16)14(21)8-19)10-4-1-2-5-11(10)15(9-20)22-18/h1-7,14-15,21H. The molecular weight excluding hydrogens is 323 g/mol. The molecule has 0 aliphatic heterocycles. The zero-order valence-electron chi connectivity index (χ0n) is 11.2. The fourth-order valence-corrected chi connectivity index (χ4v) is 2.61. The number of rotatable bonds is 4. The Morgan fingerprint density at radius 1 is 0.955 bits per heavy atom. The fraction of sp³-hybridized carbons (Fsp3) is 0.125. The third kappa shape index (κ3) is 3.06. The minimum absolute atomic E-state index is 0.246. The molecule has 0 heterocycles. The molecule has 0 saturated heterocycles. The lowest BCUT2D eigenvalue weighted by atomic mass is 9.94. The molecule has 0 spiro atoms. The van der Waals surface area contributed by atoms with Gasteiger partial charge in [-0.1, -0.05) is 54.1 Å². The van der Waals surface area contributed by atoms with Gasteiger partial charge in [0.15, 0.2) is 12.2 Å². The maximum absolute atomic E-state index is 9.71. The molecule has 0 fully saturated rings. The van der Waals surface area contributed by atoms with Crippen LogP contribution in [-0.2, 0) is 4.29 Å². The summed E-state index contributed by atoms with van der Waals surface area (Å²) in [5, 5.41) is 27.9. The second kappa shape index (κ2) is 7.26. The molecule has 6 heteroatoms. The summed E-state index contributed by atoms with van der Waals surface area (Å²) in [5.41, 5.74) is 2.08. The number of hydrogen-bond acceptors (Lipinski definition) is 4. The van der Waals surface area contributed by atoms with Gasteiger partial charge in [0.05, 0.1) is 23.0 Å². The van der Waals surface area contributed by atoms with Crippen molar-refractivity contribution in [2.75, 3.05) is 0 Å². The second-order valence-electron chi connectivity index (χ2n) is 4.43. The van der Waals surface area contributed by atoms with Gasteiger partial charge in [0.1, 0.15) is 6.07 Å². The molecular formula is C16H10Cl2N2O2. The summed E-state index contributed by atoms with van der Waals surface area (Å²) in [6.07, 6.45) is -2.28. The SMILES string of the molecule is N#CC(O)c1cccc(-c2ccccc2C(C#N)OCl)c1Cl. The van der Waals surface area contributed by atoms with E-state index >= 15 is 0 Å². The second-order valence-corrected chi connectivity index (χ2v) is 4.98. The van der Waals surface area contributed by atoms with Gasteiger partial charge >= 0.3 is 0 Å². The van der Waals surface area contributed by atoms with E-state index in [9.17, 15) is 5.11 Å². The van der Waals surface area contributed by atoms with Crippen LogP contribution in [0.5, 0.6) is 0 Å². The average Bonchev–Trinajstić information content (AvgIpc) is 2.56. The first-order chi connectivity index (χ1) is 10.6. The predicted octanol–water partition coefficient (Wildman–Crippen LogP) is 4.30. The van der Waals surface area contributed by atoms with E-state index in [0.717, 1.165) is 0 Å². The van der Waals surface area contributed by atoms with Crippen LogP contribution < -0.4 is 0 Å². The summed E-state index contributed by atoms with van der Waals surface area (Å²) >= 11 is 11.7. The lowest BCUT2D eigenvalue weighted by Gasteiger charge is -2.15. The van der Waals surface area contributed by atoms with E-state index in [-0.39, 0.29) is 5.02 Å². The van der Waals surface area contributed by atoms with Gasteiger partial charge in [0.25, 0.3) is 0 Å². The molecule has 110 valence electrons. The van der Waals surface area contributed by atoms with E-state index in [0.29, 0.717) is 22.3 Å². The topological polar surface area (TPSA) is 77.0 Å². The highest BCUT2D eigenvalue weighted by Crippen LogP contribution is 2.37. The Bertz CT molecular complexity index is 765. The highest BCUT2D eigenvalue weighted by molar-refractivity contribution is 6.34. The van der Waals surface area contributed by atoms with Crippen LogP contribution >= 0.6 is 23.5 Å². The van der Waals surface area contributed by atoms with Crippen molar-refractivity contribution >= 4 is 23.5 Å². The van der Waals surface area contributed by atoms with Crippen LogP contribution in [0.25, 0.3) is 11.1 Å². The highest BCUT2D eigenvalue weighted by Gasteiger charge is 2.20. The molecule has 2 rings (SSSR count). The quantitative estimate of drug-likeness (QED) is 0.846. The Labute approximate surface area is 137 Å². The fourth-order valence-electron chi connectivity index (χ4n) is 2.15. The number of nitriles is 2. The molecule has 1 N–H and O–H groups in total. The molecule has 22 heavy (non-hydrogen) atoms. The van der Waals surface area contributed by atoms with Crippen LogP contribution in [0.3, 0.4) is 0 Å². The Kier molecular flexibility index (Phi) is 5.38. The van der Waals surface area contributed by atoms with Crippen LogP contribution in [0.1, 0.15) is 23.3 Å². The van der Waals surface area contributed by atoms with Crippen LogP contribution in [0, 0.1) is 22.7 Å². The van der Waals surface area contributed by atoms with Crippen molar-refractivity contribution in [3.8, 4) is 23.3 Å². The summed E-state index contributed by atoms with van der Waals surface area (Å²) in [5.74, 6) is 0. The maximum Gasteiger partial charge on any atom is 0.190 e. The van der Waals surface area contributed by atoms with Crippen molar-refractivity contribution in [1.82, 2.24) is 0 Å². The number of hydrogen-bond donors (Lipinski definition) is 1. The van der Waals surface area contributed by atoms with Crippen LogP contribution in [-0.4, -0.2) is 5.11 Å². The lowest BCUT2D eigenvalue weighted by molar-refractivity contribution is 0.236. The number of benzene rings is 2. The Morgan fingerprint density at radius 3 is 2.23 bits per heavy atom. The summed E-state index contributed by atoms with van der Waals surface area (Å²) in [6, 6.07) is 15.7. The lowest BCUT2D eigenvalue weighted by Crippen LogP contribution is -2.00. The van der Waals surface area contributed by atoms with Gasteiger partial charge in [0, 0.05) is 16.7 Å². The smallest absolute Gasteiger partial charge is 0.190 e. The van der Waals surface area contributed by atoms with E-state index in [1.54, 1.807) is 48.5 Å². The Morgan fingerprint density at radius 2 is 1.59 bits per heavy atom. The number of aliphatic hydroxyl groups is 1. The molecule has 0 radical (unpaired) electrons.